The van der Waals surface area contributed by atoms with Crippen molar-refractivity contribution >= 4 is 51.6 Å². The molecule has 1 aromatic heterocycles. The van der Waals surface area contributed by atoms with E-state index in [9.17, 15) is 9.59 Å². The van der Waals surface area contributed by atoms with Crippen LogP contribution in [0.25, 0.3) is 6.08 Å². The number of carbonyl (C=O) groups is 2. The third kappa shape index (κ3) is 4.66. The molecule has 5 nitrogen and oxygen atoms in total. The summed E-state index contributed by atoms with van der Waals surface area (Å²) in [5.74, 6) is -0.343. The second-order valence-corrected chi connectivity index (χ2v) is 8.54. The number of rotatable bonds is 5. The van der Waals surface area contributed by atoms with Gasteiger partial charge in [0.25, 0.3) is 5.91 Å². The van der Waals surface area contributed by atoms with Crippen molar-refractivity contribution in [2.45, 2.75) is 39.0 Å². The number of aryl methyl sites for hydroxylation is 1. The van der Waals surface area contributed by atoms with Crippen LogP contribution in [0.15, 0.2) is 30.3 Å². The van der Waals surface area contributed by atoms with E-state index in [2.05, 4.69) is 36.6 Å². The molecule has 2 amide bonds. The Balaban J connectivity index is 1.61. The molecular formula is C21H23N3O2S2. The second kappa shape index (κ2) is 8.67. The molecule has 28 heavy (non-hydrogen) atoms. The van der Waals surface area contributed by atoms with Gasteiger partial charge >= 0.3 is 0 Å². The summed E-state index contributed by atoms with van der Waals surface area (Å²) in [6.07, 6.45) is 5.99. The van der Waals surface area contributed by atoms with Crippen LogP contribution in [0.1, 0.15) is 58.1 Å². The fraction of sp³-hybridized carbons (Fsp3) is 0.286. The maximum atomic E-state index is 12.1. The third-order valence-electron chi connectivity index (χ3n) is 4.66. The Morgan fingerprint density at radius 3 is 2.57 bits per heavy atom. The van der Waals surface area contributed by atoms with E-state index in [1.807, 2.05) is 12.1 Å². The van der Waals surface area contributed by atoms with Gasteiger partial charge in [0.2, 0.25) is 5.91 Å². The minimum atomic E-state index is -0.472. The van der Waals surface area contributed by atoms with E-state index in [-0.39, 0.29) is 11.0 Å². The normalized spacial score (nSPS) is 13.0. The predicted molar refractivity (Wildman–Crippen MR) is 119 cm³/mol. The van der Waals surface area contributed by atoms with E-state index < -0.39 is 5.91 Å². The lowest BCUT2D eigenvalue weighted by Crippen LogP contribution is -2.33. The van der Waals surface area contributed by atoms with Gasteiger partial charge in [-0.25, -0.2) is 0 Å². The molecule has 1 heterocycles. The zero-order valence-electron chi connectivity index (χ0n) is 15.9. The van der Waals surface area contributed by atoms with Gasteiger partial charge in [-0.15, -0.1) is 11.3 Å². The van der Waals surface area contributed by atoms with Crippen molar-refractivity contribution in [2.75, 3.05) is 5.32 Å². The van der Waals surface area contributed by atoms with Gasteiger partial charge in [-0.05, 0) is 60.2 Å². The molecule has 0 spiro atoms. The van der Waals surface area contributed by atoms with Gasteiger partial charge in [0.15, 0.2) is 5.11 Å². The quantitative estimate of drug-likeness (QED) is 0.511. The maximum absolute atomic E-state index is 12.1. The first-order chi connectivity index (χ1) is 13.3. The van der Waals surface area contributed by atoms with Gasteiger partial charge < -0.3 is 11.1 Å². The number of fused-ring (bicyclic) bond motifs is 1. The molecule has 0 fully saturated rings. The number of hydrogen-bond acceptors (Lipinski definition) is 4. The van der Waals surface area contributed by atoms with Crippen LogP contribution in [0.2, 0.25) is 0 Å². The zero-order chi connectivity index (χ0) is 20.3. The fourth-order valence-corrected chi connectivity index (χ4v) is 4.77. The van der Waals surface area contributed by atoms with Crippen molar-refractivity contribution < 1.29 is 9.59 Å². The summed E-state index contributed by atoms with van der Waals surface area (Å²) < 4.78 is 0. The van der Waals surface area contributed by atoms with E-state index in [1.165, 1.54) is 23.0 Å². The van der Waals surface area contributed by atoms with Gasteiger partial charge in [0.1, 0.15) is 5.00 Å². The Morgan fingerprint density at radius 1 is 1.21 bits per heavy atom. The number of thiophene rings is 1. The van der Waals surface area contributed by atoms with Crippen molar-refractivity contribution in [3.63, 3.8) is 0 Å². The van der Waals surface area contributed by atoms with E-state index in [0.29, 0.717) is 16.5 Å². The van der Waals surface area contributed by atoms with Crippen LogP contribution in [0.4, 0.5) is 5.00 Å². The van der Waals surface area contributed by atoms with Gasteiger partial charge in [-0.1, -0.05) is 38.1 Å². The SMILES string of the molecule is CC(C)c1ccc(/C=C/C(=O)NC(=S)Nc2sc3c(c2C(N)=O)CCC3)cc1. The molecule has 4 N–H and O–H groups in total. The van der Waals surface area contributed by atoms with E-state index in [0.717, 1.165) is 35.3 Å². The van der Waals surface area contributed by atoms with E-state index in [4.69, 9.17) is 18.0 Å². The number of benzene rings is 1. The molecule has 0 saturated heterocycles. The van der Waals surface area contributed by atoms with Crippen LogP contribution in [0.5, 0.6) is 0 Å². The molecule has 0 saturated carbocycles. The zero-order valence-corrected chi connectivity index (χ0v) is 17.5. The van der Waals surface area contributed by atoms with Gasteiger partial charge in [0, 0.05) is 11.0 Å². The van der Waals surface area contributed by atoms with E-state index in [1.54, 1.807) is 6.08 Å². The summed E-state index contributed by atoms with van der Waals surface area (Å²) in [5.41, 5.74) is 9.23. The summed E-state index contributed by atoms with van der Waals surface area (Å²) in [5, 5.41) is 6.31. The lowest BCUT2D eigenvalue weighted by atomic mass is 10.0. The highest BCUT2D eigenvalue weighted by atomic mass is 32.1. The molecule has 0 aliphatic heterocycles. The number of nitrogens with two attached hydrogens (primary N) is 1. The molecule has 0 bridgehead atoms. The molecule has 7 heteroatoms. The molecular weight excluding hydrogens is 390 g/mol. The van der Waals surface area contributed by atoms with Crippen molar-refractivity contribution in [3.8, 4) is 0 Å². The summed E-state index contributed by atoms with van der Waals surface area (Å²) in [4.78, 5) is 25.1. The Kier molecular flexibility index (Phi) is 6.26. The number of carbonyl (C=O) groups excluding carboxylic acids is 2. The van der Waals surface area contributed by atoms with Crippen LogP contribution in [-0.2, 0) is 17.6 Å². The molecule has 0 radical (unpaired) electrons. The average molecular weight is 414 g/mol. The maximum Gasteiger partial charge on any atom is 0.251 e. The predicted octanol–water partition coefficient (Wildman–Crippen LogP) is 3.99. The largest absolute Gasteiger partial charge is 0.365 e. The Hall–Kier alpha value is -2.51. The minimum absolute atomic E-state index is 0.146. The first-order valence-corrected chi connectivity index (χ1v) is 10.4. The van der Waals surface area contributed by atoms with Crippen LogP contribution < -0.4 is 16.4 Å². The van der Waals surface area contributed by atoms with Gasteiger partial charge in [-0.3, -0.25) is 14.9 Å². The van der Waals surface area contributed by atoms with E-state index >= 15 is 0 Å². The summed E-state index contributed by atoms with van der Waals surface area (Å²) >= 11 is 6.70. The number of amides is 2. The number of nitrogens with one attached hydrogen (secondary N) is 2. The first-order valence-electron chi connectivity index (χ1n) is 9.19. The van der Waals surface area contributed by atoms with Crippen molar-refractivity contribution in [1.82, 2.24) is 5.32 Å². The number of hydrogen-bond donors (Lipinski definition) is 3. The summed E-state index contributed by atoms with van der Waals surface area (Å²) in [7, 11) is 0. The van der Waals surface area contributed by atoms with Crippen molar-refractivity contribution in [2.24, 2.45) is 5.73 Å². The van der Waals surface area contributed by atoms with Gasteiger partial charge in [0.05, 0.1) is 5.56 Å². The second-order valence-electron chi connectivity index (χ2n) is 7.02. The molecule has 1 aromatic carbocycles. The smallest absolute Gasteiger partial charge is 0.251 e. The lowest BCUT2D eigenvalue weighted by molar-refractivity contribution is -0.115. The fourth-order valence-electron chi connectivity index (χ4n) is 3.20. The Bertz CT molecular complexity index is 943. The number of thiocarbonyl (C=S) groups is 1. The molecule has 2 aromatic rings. The number of anilines is 1. The average Bonchev–Trinajstić information content (AvgIpc) is 3.20. The first kappa shape index (κ1) is 20.2. The third-order valence-corrected chi connectivity index (χ3v) is 6.07. The van der Waals surface area contributed by atoms with Gasteiger partial charge in [-0.2, -0.15) is 0 Å². The summed E-state index contributed by atoms with van der Waals surface area (Å²) in [6.45, 7) is 4.27. The minimum Gasteiger partial charge on any atom is -0.365 e. The van der Waals surface area contributed by atoms with Crippen LogP contribution in [-0.4, -0.2) is 16.9 Å². The Labute approximate surface area is 174 Å². The topological polar surface area (TPSA) is 84.2 Å². The lowest BCUT2D eigenvalue weighted by Gasteiger charge is -2.08. The van der Waals surface area contributed by atoms with Crippen LogP contribution in [0, 0.1) is 0 Å². The molecule has 0 atom stereocenters. The van der Waals surface area contributed by atoms with Crippen molar-refractivity contribution in [1.29, 1.82) is 0 Å². The van der Waals surface area contributed by atoms with Crippen molar-refractivity contribution in [3.05, 3.63) is 57.5 Å². The molecule has 146 valence electrons. The highest BCUT2D eigenvalue weighted by Gasteiger charge is 2.25. The summed E-state index contributed by atoms with van der Waals surface area (Å²) in [6, 6.07) is 8.05. The molecule has 1 aliphatic rings. The number of primary amides is 1. The monoisotopic (exact) mass is 413 g/mol. The molecule has 3 rings (SSSR count). The highest BCUT2D eigenvalue weighted by Crippen LogP contribution is 2.38. The molecule has 1 aliphatic carbocycles. The van der Waals surface area contributed by atoms with Crippen LogP contribution in [0.3, 0.4) is 0 Å². The standard InChI is InChI=1S/C21H23N3O2S2/c1-12(2)14-9-6-13(7-10-14)8-11-17(25)23-21(27)24-20-18(19(22)26)15-4-3-5-16(15)28-20/h6-12H,3-5H2,1-2H3,(H2,22,26)(H2,23,24,25,27)/b11-8+. The van der Waals surface area contributed by atoms with Crippen LogP contribution >= 0.6 is 23.6 Å². The molecule has 0 unspecified atom stereocenters. The highest BCUT2D eigenvalue weighted by molar-refractivity contribution is 7.80. The Morgan fingerprint density at radius 2 is 1.93 bits per heavy atom.